The van der Waals surface area contributed by atoms with Crippen molar-refractivity contribution in [2.24, 2.45) is 0 Å². The Kier molecular flexibility index (Phi) is 2.63. The van der Waals surface area contributed by atoms with Crippen LogP contribution in [0.3, 0.4) is 0 Å². The number of likely N-dealkylation sites (N-methyl/N-ethyl adjacent to an activating group) is 1. The average molecular weight is 232 g/mol. The maximum Gasteiger partial charge on any atom is 0.132 e. The fraction of sp³-hybridized carbons (Fsp3) is 0.429. The SMILES string of the molecule is CN1CCC[C@H]1Cc1c[nH]c2cccc(F)c12. The Morgan fingerprint density at radius 1 is 1.47 bits per heavy atom. The van der Waals surface area contributed by atoms with Crippen molar-refractivity contribution in [3.05, 3.63) is 35.8 Å². The van der Waals surface area contributed by atoms with E-state index in [1.54, 1.807) is 6.07 Å². The minimum atomic E-state index is -0.112. The molecular weight excluding hydrogens is 215 g/mol. The molecule has 1 saturated heterocycles. The molecule has 1 aromatic heterocycles. The lowest BCUT2D eigenvalue weighted by atomic mass is 10.0. The van der Waals surface area contributed by atoms with Crippen LogP contribution in [0.1, 0.15) is 18.4 Å². The number of fused-ring (bicyclic) bond motifs is 1. The number of halogens is 1. The molecule has 0 spiro atoms. The first-order chi connectivity index (χ1) is 8.25. The van der Waals surface area contributed by atoms with Crippen LogP contribution in [0.25, 0.3) is 10.9 Å². The second-order valence-electron chi connectivity index (χ2n) is 4.96. The van der Waals surface area contributed by atoms with Gasteiger partial charge in [-0.2, -0.15) is 0 Å². The quantitative estimate of drug-likeness (QED) is 0.843. The summed E-state index contributed by atoms with van der Waals surface area (Å²) in [7, 11) is 2.16. The molecule has 0 saturated carbocycles. The van der Waals surface area contributed by atoms with Gasteiger partial charge in [-0.05, 0) is 50.6 Å². The average Bonchev–Trinajstić information content (AvgIpc) is 2.89. The lowest BCUT2D eigenvalue weighted by Crippen LogP contribution is -2.26. The molecule has 2 nitrogen and oxygen atoms in total. The normalized spacial score (nSPS) is 21.4. The zero-order chi connectivity index (χ0) is 11.8. The molecule has 0 radical (unpaired) electrons. The molecule has 1 N–H and O–H groups in total. The van der Waals surface area contributed by atoms with Crippen LogP contribution in [-0.2, 0) is 6.42 Å². The minimum absolute atomic E-state index is 0.112. The maximum absolute atomic E-state index is 13.8. The van der Waals surface area contributed by atoms with E-state index >= 15 is 0 Å². The van der Waals surface area contributed by atoms with Crippen molar-refractivity contribution in [3.8, 4) is 0 Å². The van der Waals surface area contributed by atoms with Crippen molar-refractivity contribution < 1.29 is 4.39 Å². The minimum Gasteiger partial charge on any atom is -0.361 e. The monoisotopic (exact) mass is 232 g/mol. The molecule has 1 fully saturated rings. The fourth-order valence-electron chi connectivity index (χ4n) is 2.86. The Bertz CT molecular complexity index is 532. The van der Waals surface area contributed by atoms with Gasteiger partial charge in [-0.15, -0.1) is 0 Å². The maximum atomic E-state index is 13.8. The smallest absolute Gasteiger partial charge is 0.132 e. The number of aromatic amines is 1. The molecule has 0 amide bonds. The predicted octanol–water partition coefficient (Wildman–Crippen LogP) is 2.94. The van der Waals surface area contributed by atoms with E-state index < -0.39 is 0 Å². The summed E-state index contributed by atoms with van der Waals surface area (Å²) in [5.41, 5.74) is 2.01. The lowest BCUT2D eigenvalue weighted by Gasteiger charge is -2.18. The number of rotatable bonds is 2. The summed E-state index contributed by atoms with van der Waals surface area (Å²) >= 11 is 0. The number of nitrogens with zero attached hydrogens (tertiary/aromatic N) is 1. The molecule has 0 aliphatic carbocycles. The van der Waals surface area contributed by atoms with Crippen LogP contribution in [0, 0.1) is 5.82 Å². The molecule has 17 heavy (non-hydrogen) atoms. The highest BCUT2D eigenvalue weighted by Crippen LogP contribution is 2.26. The van der Waals surface area contributed by atoms with Gasteiger partial charge >= 0.3 is 0 Å². The number of benzene rings is 1. The Balaban J connectivity index is 1.95. The van der Waals surface area contributed by atoms with Crippen molar-refractivity contribution in [2.45, 2.75) is 25.3 Å². The molecular formula is C14H17FN2. The van der Waals surface area contributed by atoms with Crippen LogP contribution in [0.15, 0.2) is 24.4 Å². The number of nitrogens with one attached hydrogen (secondary N) is 1. The van der Waals surface area contributed by atoms with Crippen molar-refractivity contribution >= 4 is 10.9 Å². The van der Waals surface area contributed by atoms with Gasteiger partial charge in [0.25, 0.3) is 0 Å². The molecule has 0 unspecified atom stereocenters. The van der Waals surface area contributed by atoms with Crippen molar-refractivity contribution in [1.29, 1.82) is 0 Å². The second-order valence-corrected chi connectivity index (χ2v) is 4.96. The van der Waals surface area contributed by atoms with Gasteiger partial charge in [0.05, 0.1) is 0 Å². The molecule has 0 bridgehead atoms. The molecule has 2 aromatic rings. The van der Waals surface area contributed by atoms with E-state index in [9.17, 15) is 4.39 Å². The highest BCUT2D eigenvalue weighted by atomic mass is 19.1. The van der Waals surface area contributed by atoms with E-state index in [4.69, 9.17) is 0 Å². The third kappa shape index (κ3) is 1.84. The summed E-state index contributed by atoms with van der Waals surface area (Å²) in [4.78, 5) is 5.53. The first kappa shape index (κ1) is 10.8. The topological polar surface area (TPSA) is 19.0 Å². The predicted molar refractivity (Wildman–Crippen MR) is 67.6 cm³/mol. The summed E-state index contributed by atoms with van der Waals surface area (Å²) < 4.78 is 13.8. The Morgan fingerprint density at radius 2 is 2.35 bits per heavy atom. The number of hydrogen-bond donors (Lipinski definition) is 1. The van der Waals surface area contributed by atoms with Crippen LogP contribution < -0.4 is 0 Å². The summed E-state index contributed by atoms with van der Waals surface area (Å²) in [5, 5.41) is 0.771. The molecule has 1 aliphatic rings. The Hall–Kier alpha value is -1.35. The largest absolute Gasteiger partial charge is 0.361 e. The molecule has 3 rings (SSSR count). The molecule has 1 atom stereocenters. The lowest BCUT2D eigenvalue weighted by molar-refractivity contribution is 0.309. The number of hydrogen-bond acceptors (Lipinski definition) is 1. The molecule has 2 heterocycles. The van der Waals surface area contributed by atoms with Crippen molar-refractivity contribution in [1.82, 2.24) is 9.88 Å². The zero-order valence-corrected chi connectivity index (χ0v) is 10.0. The van der Waals surface area contributed by atoms with Gasteiger partial charge in [0.2, 0.25) is 0 Å². The van der Waals surface area contributed by atoms with Gasteiger partial charge in [-0.3, -0.25) is 0 Å². The highest BCUT2D eigenvalue weighted by molar-refractivity contribution is 5.83. The number of H-pyrrole nitrogens is 1. The van der Waals surface area contributed by atoms with Crippen LogP contribution in [-0.4, -0.2) is 29.5 Å². The first-order valence-corrected chi connectivity index (χ1v) is 6.20. The van der Waals surface area contributed by atoms with Gasteiger partial charge in [0.15, 0.2) is 0 Å². The zero-order valence-electron chi connectivity index (χ0n) is 10.0. The van der Waals surface area contributed by atoms with Gasteiger partial charge in [0, 0.05) is 23.1 Å². The van der Waals surface area contributed by atoms with Gasteiger partial charge in [-0.25, -0.2) is 4.39 Å². The van der Waals surface area contributed by atoms with E-state index in [-0.39, 0.29) is 5.82 Å². The summed E-state index contributed by atoms with van der Waals surface area (Å²) in [5.74, 6) is -0.112. The van der Waals surface area contributed by atoms with Crippen LogP contribution in [0.5, 0.6) is 0 Å². The van der Waals surface area contributed by atoms with E-state index in [1.165, 1.54) is 18.9 Å². The summed E-state index contributed by atoms with van der Waals surface area (Å²) in [6.07, 6.45) is 5.38. The molecule has 1 aliphatic heterocycles. The Morgan fingerprint density at radius 3 is 3.12 bits per heavy atom. The first-order valence-electron chi connectivity index (χ1n) is 6.20. The van der Waals surface area contributed by atoms with Crippen LogP contribution in [0.4, 0.5) is 4.39 Å². The third-order valence-corrected chi connectivity index (χ3v) is 3.86. The Labute approximate surface area is 100 Å². The van der Waals surface area contributed by atoms with Crippen molar-refractivity contribution in [3.63, 3.8) is 0 Å². The van der Waals surface area contributed by atoms with Crippen LogP contribution in [0.2, 0.25) is 0 Å². The van der Waals surface area contributed by atoms with E-state index in [2.05, 4.69) is 16.9 Å². The third-order valence-electron chi connectivity index (χ3n) is 3.86. The highest BCUT2D eigenvalue weighted by Gasteiger charge is 2.22. The summed E-state index contributed by atoms with van der Waals surface area (Å²) in [6.45, 7) is 1.16. The van der Waals surface area contributed by atoms with Gasteiger partial charge in [-0.1, -0.05) is 6.07 Å². The van der Waals surface area contributed by atoms with Gasteiger partial charge in [0.1, 0.15) is 5.82 Å². The van der Waals surface area contributed by atoms with E-state index in [0.717, 1.165) is 29.4 Å². The molecule has 3 heteroatoms. The molecule has 90 valence electrons. The number of aromatic nitrogens is 1. The second kappa shape index (κ2) is 4.15. The fourth-order valence-corrected chi connectivity index (χ4v) is 2.86. The van der Waals surface area contributed by atoms with E-state index in [0.29, 0.717) is 6.04 Å². The van der Waals surface area contributed by atoms with Crippen molar-refractivity contribution in [2.75, 3.05) is 13.6 Å². The van der Waals surface area contributed by atoms with Gasteiger partial charge < -0.3 is 9.88 Å². The molecule has 1 aromatic carbocycles. The number of likely N-dealkylation sites (tertiary alicyclic amines) is 1. The van der Waals surface area contributed by atoms with Crippen LogP contribution >= 0.6 is 0 Å². The summed E-state index contributed by atoms with van der Waals surface area (Å²) in [6, 6.07) is 5.78. The van der Waals surface area contributed by atoms with E-state index in [1.807, 2.05) is 12.3 Å². The standard InChI is InChI=1S/C14H17FN2/c1-17-7-3-4-11(17)8-10-9-16-13-6-2-5-12(15)14(10)13/h2,5-6,9,11,16H,3-4,7-8H2,1H3/t11-/m0/s1.